The number of hydrogen-bond donors (Lipinski definition) is 1. The SMILES string of the molecule is CC1=CCC(S(=O)(=O)Nc2ccc(S(=O)(=O)c3ccc4ccccc4c3)cc2)C=C1. The minimum absolute atomic E-state index is 0.108. The molecule has 0 aliphatic heterocycles. The highest BCUT2D eigenvalue weighted by molar-refractivity contribution is 7.93. The lowest BCUT2D eigenvalue weighted by Crippen LogP contribution is -2.26. The van der Waals surface area contributed by atoms with Crippen molar-refractivity contribution in [3.63, 3.8) is 0 Å². The van der Waals surface area contributed by atoms with Crippen molar-refractivity contribution in [1.82, 2.24) is 0 Å². The molecule has 4 rings (SSSR count). The van der Waals surface area contributed by atoms with Crippen LogP contribution in [-0.4, -0.2) is 22.1 Å². The zero-order valence-electron chi connectivity index (χ0n) is 16.3. The van der Waals surface area contributed by atoms with Gasteiger partial charge in [0.2, 0.25) is 19.9 Å². The molecule has 3 aromatic rings. The van der Waals surface area contributed by atoms with Crippen molar-refractivity contribution in [2.24, 2.45) is 0 Å². The van der Waals surface area contributed by atoms with Crippen molar-refractivity contribution in [2.45, 2.75) is 28.4 Å². The number of sulfonamides is 1. The average Bonchev–Trinajstić information content (AvgIpc) is 2.74. The Balaban J connectivity index is 1.57. The molecular formula is C23H21NO4S2. The number of benzene rings is 3. The fourth-order valence-electron chi connectivity index (χ4n) is 3.35. The average molecular weight is 440 g/mol. The molecule has 0 spiro atoms. The Hall–Kier alpha value is -2.90. The number of allylic oxidation sites excluding steroid dienone is 3. The molecule has 30 heavy (non-hydrogen) atoms. The topological polar surface area (TPSA) is 80.3 Å². The lowest BCUT2D eigenvalue weighted by atomic mass is 10.1. The molecule has 1 unspecified atom stereocenters. The van der Waals surface area contributed by atoms with Gasteiger partial charge in [-0.2, -0.15) is 0 Å². The van der Waals surface area contributed by atoms with Crippen LogP contribution in [0.15, 0.2) is 100 Å². The smallest absolute Gasteiger partial charge is 0.239 e. The molecule has 0 saturated carbocycles. The van der Waals surface area contributed by atoms with Gasteiger partial charge in [0.1, 0.15) is 5.25 Å². The third kappa shape index (κ3) is 4.04. The van der Waals surface area contributed by atoms with Gasteiger partial charge >= 0.3 is 0 Å². The Kier molecular flexibility index (Phi) is 5.26. The van der Waals surface area contributed by atoms with Gasteiger partial charge < -0.3 is 0 Å². The minimum atomic E-state index is -3.71. The van der Waals surface area contributed by atoms with Gasteiger partial charge in [0.05, 0.1) is 9.79 Å². The maximum Gasteiger partial charge on any atom is 0.239 e. The van der Waals surface area contributed by atoms with Gasteiger partial charge in [-0.1, -0.05) is 54.1 Å². The van der Waals surface area contributed by atoms with Crippen LogP contribution < -0.4 is 4.72 Å². The van der Waals surface area contributed by atoms with Gasteiger partial charge in [0.25, 0.3) is 0 Å². The molecule has 0 bridgehead atoms. The summed E-state index contributed by atoms with van der Waals surface area (Å²) >= 11 is 0. The van der Waals surface area contributed by atoms with Crippen LogP contribution in [0.4, 0.5) is 5.69 Å². The summed E-state index contributed by atoms with van der Waals surface area (Å²) in [6, 6.07) is 18.3. The summed E-state index contributed by atoms with van der Waals surface area (Å²) in [5.41, 5.74) is 1.36. The second kappa shape index (κ2) is 7.74. The van der Waals surface area contributed by atoms with Crippen molar-refractivity contribution < 1.29 is 16.8 Å². The minimum Gasteiger partial charge on any atom is -0.283 e. The van der Waals surface area contributed by atoms with Crippen LogP contribution in [0.5, 0.6) is 0 Å². The Bertz CT molecular complexity index is 1370. The lowest BCUT2D eigenvalue weighted by Gasteiger charge is -2.17. The molecule has 1 aliphatic rings. The van der Waals surface area contributed by atoms with E-state index in [9.17, 15) is 16.8 Å². The first-order chi connectivity index (χ1) is 14.3. The van der Waals surface area contributed by atoms with Gasteiger partial charge in [-0.15, -0.1) is 0 Å². The highest BCUT2D eigenvalue weighted by atomic mass is 32.2. The Labute approximate surface area is 176 Å². The summed E-state index contributed by atoms with van der Waals surface area (Å²) in [5, 5.41) is 1.15. The molecule has 1 N–H and O–H groups in total. The summed E-state index contributed by atoms with van der Waals surface area (Å²) in [5.74, 6) is 0. The molecule has 0 radical (unpaired) electrons. The summed E-state index contributed by atoms with van der Waals surface area (Å²) in [6.07, 6.45) is 5.73. The van der Waals surface area contributed by atoms with E-state index in [-0.39, 0.29) is 9.79 Å². The van der Waals surface area contributed by atoms with E-state index in [0.717, 1.165) is 16.3 Å². The molecule has 0 fully saturated rings. The molecule has 1 atom stereocenters. The predicted molar refractivity (Wildman–Crippen MR) is 120 cm³/mol. The van der Waals surface area contributed by atoms with Crippen LogP contribution in [0.3, 0.4) is 0 Å². The van der Waals surface area contributed by atoms with Crippen LogP contribution >= 0.6 is 0 Å². The van der Waals surface area contributed by atoms with E-state index in [1.54, 1.807) is 30.4 Å². The maximum absolute atomic E-state index is 13.0. The molecule has 7 heteroatoms. The van der Waals surface area contributed by atoms with Gasteiger partial charge in [-0.3, -0.25) is 4.72 Å². The van der Waals surface area contributed by atoms with Crippen molar-refractivity contribution >= 4 is 36.3 Å². The molecule has 154 valence electrons. The standard InChI is InChI=1S/C23H21NO4S2/c1-17-6-11-22(12-7-17)30(27,28)24-20-9-14-21(15-10-20)29(25,26)23-13-8-18-4-2-3-5-19(18)16-23/h2-11,13-16,22,24H,12H2,1H3. The Morgan fingerprint density at radius 3 is 2.17 bits per heavy atom. The molecule has 3 aromatic carbocycles. The second-order valence-electron chi connectivity index (χ2n) is 7.27. The Morgan fingerprint density at radius 1 is 0.833 bits per heavy atom. The molecule has 5 nitrogen and oxygen atoms in total. The van der Waals surface area contributed by atoms with E-state index in [1.165, 1.54) is 24.3 Å². The van der Waals surface area contributed by atoms with Crippen LogP contribution in [0.25, 0.3) is 10.8 Å². The monoisotopic (exact) mass is 439 g/mol. The first-order valence-corrected chi connectivity index (χ1v) is 12.5. The molecule has 0 saturated heterocycles. The molecule has 1 aliphatic carbocycles. The van der Waals surface area contributed by atoms with Gasteiger partial charge in [0.15, 0.2) is 0 Å². The zero-order valence-corrected chi connectivity index (χ0v) is 17.9. The molecular weight excluding hydrogens is 418 g/mol. The highest BCUT2D eigenvalue weighted by Crippen LogP contribution is 2.26. The molecule has 0 amide bonds. The van der Waals surface area contributed by atoms with Crippen LogP contribution in [0.1, 0.15) is 13.3 Å². The zero-order chi connectivity index (χ0) is 21.4. The fraction of sp³-hybridized carbons (Fsp3) is 0.130. The number of fused-ring (bicyclic) bond motifs is 1. The number of hydrogen-bond acceptors (Lipinski definition) is 4. The largest absolute Gasteiger partial charge is 0.283 e. The first-order valence-electron chi connectivity index (χ1n) is 9.46. The van der Waals surface area contributed by atoms with Crippen LogP contribution in [0.2, 0.25) is 0 Å². The highest BCUT2D eigenvalue weighted by Gasteiger charge is 2.24. The van der Waals surface area contributed by atoms with E-state index in [1.807, 2.05) is 37.3 Å². The van der Waals surface area contributed by atoms with Crippen molar-refractivity contribution in [2.75, 3.05) is 4.72 Å². The summed E-state index contributed by atoms with van der Waals surface area (Å²) in [7, 11) is -7.33. The van der Waals surface area contributed by atoms with Crippen molar-refractivity contribution in [3.8, 4) is 0 Å². The third-order valence-corrected chi connectivity index (χ3v) is 8.53. The van der Waals surface area contributed by atoms with Gasteiger partial charge in [-0.25, -0.2) is 16.8 Å². The predicted octanol–water partition coefficient (Wildman–Crippen LogP) is 4.69. The van der Waals surface area contributed by atoms with Crippen LogP contribution in [-0.2, 0) is 19.9 Å². The first kappa shape index (κ1) is 20.4. The van der Waals surface area contributed by atoms with Gasteiger partial charge in [0, 0.05) is 5.69 Å². The number of sulfone groups is 1. The van der Waals surface area contributed by atoms with E-state index < -0.39 is 25.1 Å². The second-order valence-corrected chi connectivity index (χ2v) is 11.1. The normalized spacial score (nSPS) is 17.0. The molecule has 0 aromatic heterocycles. The molecule has 0 heterocycles. The van der Waals surface area contributed by atoms with Gasteiger partial charge in [-0.05, 0) is 60.5 Å². The van der Waals surface area contributed by atoms with E-state index in [2.05, 4.69) is 4.72 Å². The van der Waals surface area contributed by atoms with Crippen molar-refractivity contribution in [1.29, 1.82) is 0 Å². The van der Waals surface area contributed by atoms with E-state index in [0.29, 0.717) is 12.1 Å². The van der Waals surface area contributed by atoms with E-state index in [4.69, 9.17) is 0 Å². The lowest BCUT2D eigenvalue weighted by molar-refractivity contribution is 0.593. The number of nitrogens with one attached hydrogen (secondary N) is 1. The fourth-order valence-corrected chi connectivity index (χ4v) is 5.90. The Morgan fingerprint density at radius 2 is 1.50 bits per heavy atom. The summed E-state index contributed by atoms with van der Waals surface area (Å²) < 4.78 is 53.7. The number of rotatable bonds is 5. The maximum atomic E-state index is 13.0. The van der Waals surface area contributed by atoms with E-state index >= 15 is 0 Å². The van der Waals surface area contributed by atoms with Crippen LogP contribution in [0, 0.1) is 0 Å². The summed E-state index contributed by atoms with van der Waals surface area (Å²) in [4.78, 5) is 0.306. The third-order valence-electron chi connectivity index (χ3n) is 5.10. The van der Waals surface area contributed by atoms with Crippen molar-refractivity contribution in [3.05, 3.63) is 90.5 Å². The quantitative estimate of drug-likeness (QED) is 0.625. The number of anilines is 1. The summed E-state index contributed by atoms with van der Waals surface area (Å²) in [6.45, 7) is 1.92.